The van der Waals surface area contributed by atoms with Gasteiger partial charge in [-0.1, -0.05) is 489 Å². The van der Waals surface area contributed by atoms with E-state index in [0.717, 1.165) is 107 Å². The van der Waals surface area contributed by atoms with Gasteiger partial charge in [-0.05, 0) is 107 Å². The maximum atomic E-state index is 2.22. The van der Waals surface area contributed by atoms with Crippen molar-refractivity contribution >= 4 is 0 Å². The predicted molar refractivity (Wildman–Crippen MR) is 452 cm³/mol. The maximum Gasteiger partial charge on any atom is -0.0474 e. The van der Waals surface area contributed by atoms with Crippen LogP contribution in [0.2, 0.25) is 0 Å². The van der Waals surface area contributed by atoms with Gasteiger partial charge in [0.05, 0.1) is 0 Å². The Morgan fingerprint density at radius 1 is 0.0778 bits per heavy atom. The topological polar surface area (TPSA) is 0 Å². The van der Waals surface area contributed by atoms with E-state index in [1.165, 1.54) is 116 Å². The Kier molecular flexibility index (Phi) is 203. The van der Waals surface area contributed by atoms with Crippen LogP contribution in [0.5, 0.6) is 0 Å². The molecule has 0 unspecified atom stereocenters. The Morgan fingerprint density at radius 2 is 0.0889 bits per heavy atom. The lowest BCUT2D eigenvalue weighted by molar-refractivity contribution is 0.626. The first-order valence-corrected chi connectivity index (χ1v) is 40.9. The summed E-state index contributed by atoms with van der Waals surface area (Å²) in [5.74, 6) is 15.9. The monoisotopic (exact) mass is 1300 g/mol. The van der Waals surface area contributed by atoms with Crippen molar-refractivity contribution in [1.82, 2.24) is 0 Å². The van der Waals surface area contributed by atoms with Crippen LogP contribution in [0.1, 0.15) is 489 Å². The summed E-state index contributed by atoms with van der Waals surface area (Å²) in [6, 6.07) is 0. The van der Waals surface area contributed by atoms with E-state index in [0.29, 0.717) is 0 Å². The molecular weight excluding hydrogens is 1080 g/mol. The number of rotatable bonds is 18. The van der Waals surface area contributed by atoms with Crippen molar-refractivity contribution < 1.29 is 0 Å². The third kappa shape index (κ3) is 514. The molecule has 0 nitrogen and oxygen atoms in total. The largest absolute Gasteiger partial charge is 0.0651 e. The van der Waals surface area contributed by atoms with Crippen LogP contribution in [0.25, 0.3) is 0 Å². The SMILES string of the molecule is CCC(C)C.CCC(C)C.CCC(C)C.CCC(C)C.CCC(C)C.CCC(C)C.CCC(C)C.CCC(C)C.CCC(C)C.CCC(C)C.CCC(C)C.CCC(C)C.CCC(C)C.CCC(C)C.CCC(C)C.CCC(C)C.CCC(C)C.CCC(C)C. The molecule has 0 aromatic carbocycles. The standard InChI is InChI=1S/18C5H12/c18*1-4-5(2)3/h18*5H,4H2,1-3H3. The fourth-order valence-corrected chi connectivity index (χ4v) is 0. The van der Waals surface area contributed by atoms with Crippen LogP contribution in [0, 0.1) is 107 Å². The van der Waals surface area contributed by atoms with E-state index in [1.54, 1.807) is 0 Å². The second kappa shape index (κ2) is 133. The van der Waals surface area contributed by atoms with E-state index in [1.807, 2.05) is 0 Å². The molecule has 0 aliphatic carbocycles. The van der Waals surface area contributed by atoms with Gasteiger partial charge < -0.3 is 0 Å². The first kappa shape index (κ1) is 138. The molecule has 0 saturated heterocycles. The van der Waals surface area contributed by atoms with Gasteiger partial charge >= 0.3 is 0 Å². The molecule has 0 bridgehead atoms. The summed E-state index contributed by atoms with van der Waals surface area (Å²) in [6.07, 6.45) is 23.5. The van der Waals surface area contributed by atoms with Crippen molar-refractivity contribution in [3.63, 3.8) is 0 Å². The third-order valence-electron chi connectivity index (χ3n) is 14.7. The second-order valence-electron chi connectivity index (χ2n) is 32.4. The minimum Gasteiger partial charge on any atom is -0.0651 e. The van der Waals surface area contributed by atoms with E-state index >= 15 is 0 Å². The lowest BCUT2D eigenvalue weighted by Gasteiger charge is -1.90. The molecule has 0 aromatic heterocycles. The fraction of sp³-hybridized carbons (Fsp3) is 1.00. The van der Waals surface area contributed by atoms with Crippen molar-refractivity contribution in [1.29, 1.82) is 0 Å². The zero-order valence-electron chi connectivity index (χ0n) is 77.1. The number of hydrogen-bond acceptors (Lipinski definition) is 0. The molecule has 0 N–H and O–H groups in total. The molecule has 0 atom stereocenters. The van der Waals surface area contributed by atoms with Crippen LogP contribution < -0.4 is 0 Å². The summed E-state index contributed by atoms with van der Waals surface area (Å²) in [4.78, 5) is 0. The predicted octanol–water partition coefficient (Wildman–Crippen LogP) is 36.9. The third-order valence-corrected chi connectivity index (χ3v) is 14.7. The van der Waals surface area contributed by atoms with Gasteiger partial charge in [0.2, 0.25) is 0 Å². The first-order chi connectivity index (χ1) is 40.9. The highest BCUT2D eigenvalue weighted by Gasteiger charge is 1.87. The molecular formula is C90H216. The van der Waals surface area contributed by atoms with Crippen molar-refractivity contribution in [2.24, 2.45) is 107 Å². The van der Waals surface area contributed by atoms with Crippen LogP contribution in [0.15, 0.2) is 0 Å². The molecule has 0 radical (unpaired) electrons. The van der Waals surface area contributed by atoms with Crippen LogP contribution in [-0.4, -0.2) is 0 Å². The van der Waals surface area contributed by atoms with E-state index in [4.69, 9.17) is 0 Å². The molecule has 0 rings (SSSR count). The Hall–Kier alpha value is 0. The molecule has 0 fully saturated rings. The van der Waals surface area contributed by atoms with E-state index < -0.39 is 0 Å². The molecule has 0 spiro atoms. The van der Waals surface area contributed by atoms with Gasteiger partial charge in [0.25, 0.3) is 0 Å². The summed E-state index contributed by atoms with van der Waals surface area (Å²) < 4.78 is 0. The summed E-state index contributed by atoms with van der Waals surface area (Å²) >= 11 is 0. The minimum absolute atomic E-state index is 0.884. The lowest BCUT2D eigenvalue weighted by Crippen LogP contribution is -1.77. The molecule has 0 heterocycles. The maximum absolute atomic E-state index is 2.22. The highest BCUT2D eigenvalue weighted by molar-refractivity contribution is 4.40. The molecule has 0 aliphatic rings. The Morgan fingerprint density at radius 3 is 0.0889 bits per heavy atom. The average molecular weight is 1300 g/mol. The van der Waals surface area contributed by atoms with Gasteiger partial charge in [0, 0.05) is 0 Å². The normalized spacial score (nSPS) is 9.60. The van der Waals surface area contributed by atoms with Gasteiger partial charge in [0.15, 0.2) is 0 Å². The molecule has 0 heteroatoms. The van der Waals surface area contributed by atoms with Gasteiger partial charge in [-0.25, -0.2) is 0 Å². The Labute approximate surface area is 592 Å². The smallest absolute Gasteiger partial charge is 0.0474 e. The van der Waals surface area contributed by atoms with Crippen molar-refractivity contribution in [3.8, 4) is 0 Å². The zero-order chi connectivity index (χ0) is 77.1. The van der Waals surface area contributed by atoms with Gasteiger partial charge in [-0.15, -0.1) is 0 Å². The second-order valence-corrected chi connectivity index (χ2v) is 32.4. The highest BCUT2D eigenvalue weighted by atomic mass is 13.9. The van der Waals surface area contributed by atoms with E-state index in [-0.39, 0.29) is 0 Å². The Bertz CT molecular complexity index is 552. The van der Waals surface area contributed by atoms with Crippen LogP contribution in [0.3, 0.4) is 0 Å². The lowest BCUT2D eigenvalue weighted by atomic mass is 10.2. The van der Waals surface area contributed by atoms with Crippen molar-refractivity contribution in [3.05, 3.63) is 0 Å². The summed E-state index contributed by atoms with van der Waals surface area (Å²) in [5, 5.41) is 0. The zero-order valence-corrected chi connectivity index (χ0v) is 77.1. The van der Waals surface area contributed by atoms with Crippen LogP contribution in [0.4, 0.5) is 0 Å². The van der Waals surface area contributed by atoms with Gasteiger partial charge in [0.1, 0.15) is 0 Å². The molecule has 0 aromatic rings. The first-order valence-electron chi connectivity index (χ1n) is 40.9. The average Bonchev–Trinajstić information content (AvgIpc) is 3.49. The number of hydrogen-bond donors (Lipinski definition) is 0. The molecule has 0 saturated carbocycles. The molecule has 0 aliphatic heterocycles. The molecule has 576 valence electrons. The van der Waals surface area contributed by atoms with Crippen molar-refractivity contribution in [2.45, 2.75) is 489 Å². The van der Waals surface area contributed by atoms with E-state index in [9.17, 15) is 0 Å². The summed E-state index contributed by atoms with van der Waals surface area (Å²) in [6.45, 7) is 120. The summed E-state index contributed by atoms with van der Waals surface area (Å²) in [7, 11) is 0. The highest BCUT2D eigenvalue weighted by Crippen LogP contribution is 2.01. The van der Waals surface area contributed by atoms with Gasteiger partial charge in [-0.3, -0.25) is 0 Å². The van der Waals surface area contributed by atoms with E-state index in [2.05, 4.69) is 374 Å². The Balaban J connectivity index is -0.0000000381. The van der Waals surface area contributed by atoms with Crippen LogP contribution in [-0.2, 0) is 0 Å². The van der Waals surface area contributed by atoms with Crippen molar-refractivity contribution in [2.75, 3.05) is 0 Å². The molecule has 0 amide bonds. The minimum atomic E-state index is 0.884. The van der Waals surface area contributed by atoms with Gasteiger partial charge in [-0.2, -0.15) is 0 Å². The molecule has 90 heavy (non-hydrogen) atoms. The van der Waals surface area contributed by atoms with Crippen LogP contribution >= 0.6 is 0 Å². The quantitative estimate of drug-likeness (QED) is 0.128. The fourth-order valence-electron chi connectivity index (χ4n) is 0. The summed E-state index contributed by atoms with van der Waals surface area (Å²) in [5.41, 5.74) is 0.